The SMILES string of the molecule is COC(=O)C(C1CC1)N(C)CC(C)(C)O. The molecule has 1 unspecified atom stereocenters. The van der Waals surface area contributed by atoms with E-state index in [-0.39, 0.29) is 12.0 Å². The molecule has 1 rings (SSSR count). The van der Waals surface area contributed by atoms with E-state index < -0.39 is 5.60 Å². The molecule has 4 nitrogen and oxygen atoms in total. The summed E-state index contributed by atoms with van der Waals surface area (Å²) in [4.78, 5) is 13.5. The molecule has 1 atom stereocenters. The van der Waals surface area contributed by atoms with Gasteiger partial charge in [0.25, 0.3) is 0 Å². The molecule has 0 heterocycles. The monoisotopic (exact) mass is 215 g/mol. The van der Waals surface area contributed by atoms with Gasteiger partial charge >= 0.3 is 5.97 Å². The van der Waals surface area contributed by atoms with Crippen LogP contribution in [0.4, 0.5) is 0 Å². The summed E-state index contributed by atoms with van der Waals surface area (Å²) in [6.07, 6.45) is 2.16. The Morgan fingerprint density at radius 2 is 2.13 bits per heavy atom. The maximum atomic E-state index is 11.6. The molecule has 0 saturated heterocycles. The van der Waals surface area contributed by atoms with Crippen LogP contribution in [0.2, 0.25) is 0 Å². The van der Waals surface area contributed by atoms with E-state index in [1.54, 1.807) is 13.8 Å². The van der Waals surface area contributed by atoms with Gasteiger partial charge in [0.1, 0.15) is 6.04 Å². The molecule has 0 aliphatic heterocycles. The van der Waals surface area contributed by atoms with E-state index in [0.29, 0.717) is 12.5 Å². The van der Waals surface area contributed by atoms with Crippen molar-refractivity contribution in [2.24, 2.45) is 5.92 Å². The van der Waals surface area contributed by atoms with Crippen LogP contribution in [0.25, 0.3) is 0 Å². The highest BCUT2D eigenvalue weighted by molar-refractivity contribution is 5.76. The lowest BCUT2D eigenvalue weighted by molar-refractivity contribution is -0.148. The number of carbonyl (C=O) groups is 1. The molecule has 1 aliphatic rings. The van der Waals surface area contributed by atoms with Crippen LogP contribution in [0.1, 0.15) is 26.7 Å². The Kier molecular flexibility index (Phi) is 3.73. The fourth-order valence-corrected chi connectivity index (χ4v) is 1.97. The first-order valence-electron chi connectivity index (χ1n) is 5.35. The van der Waals surface area contributed by atoms with E-state index >= 15 is 0 Å². The number of hydrogen-bond donors (Lipinski definition) is 1. The Morgan fingerprint density at radius 3 is 2.47 bits per heavy atom. The van der Waals surface area contributed by atoms with Gasteiger partial charge in [-0.2, -0.15) is 0 Å². The van der Waals surface area contributed by atoms with Gasteiger partial charge in [-0.05, 0) is 39.7 Å². The number of methoxy groups -OCH3 is 1. The zero-order valence-corrected chi connectivity index (χ0v) is 9.99. The standard InChI is InChI=1S/C11H21NO3/c1-11(2,14)7-12(3)9(8-5-6-8)10(13)15-4/h8-9,14H,5-7H2,1-4H3. The minimum Gasteiger partial charge on any atom is -0.468 e. The molecular formula is C11H21NO3. The van der Waals surface area contributed by atoms with Crippen LogP contribution in [-0.2, 0) is 9.53 Å². The third-order valence-corrected chi connectivity index (χ3v) is 2.62. The number of carbonyl (C=O) groups excluding carboxylic acids is 1. The average Bonchev–Trinajstić information content (AvgIpc) is 2.85. The Hall–Kier alpha value is -0.610. The molecule has 1 saturated carbocycles. The molecule has 0 spiro atoms. The van der Waals surface area contributed by atoms with Gasteiger partial charge in [-0.25, -0.2) is 0 Å². The first kappa shape index (κ1) is 12.5. The molecule has 1 N–H and O–H groups in total. The third kappa shape index (κ3) is 3.80. The van der Waals surface area contributed by atoms with Crippen LogP contribution in [-0.4, -0.2) is 48.3 Å². The zero-order chi connectivity index (χ0) is 11.6. The summed E-state index contributed by atoms with van der Waals surface area (Å²) in [6.45, 7) is 3.96. The highest BCUT2D eigenvalue weighted by Crippen LogP contribution is 2.35. The lowest BCUT2D eigenvalue weighted by Crippen LogP contribution is -2.47. The van der Waals surface area contributed by atoms with Crippen molar-refractivity contribution in [3.8, 4) is 0 Å². The average molecular weight is 215 g/mol. The van der Waals surface area contributed by atoms with Crippen molar-refractivity contribution in [1.82, 2.24) is 4.90 Å². The molecule has 0 aromatic rings. The summed E-state index contributed by atoms with van der Waals surface area (Å²) in [5, 5.41) is 9.70. The number of nitrogens with zero attached hydrogens (tertiary/aromatic N) is 1. The van der Waals surface area contributed by atoms with E-state index in [2.05, 4.69) is 0 Å². The summed E-state index contributed by atoms with van der Waals surface area (Å²) < 4.78 is 4.79. The second-order valence-corrected chi connectivity index (χ2v) is 5.03. The second-order valence-electron chi connectivity index (χ2n) is 5.03. The first-order valence-corrected chi connectivity index (χ1v) is 5.35. The summed E-state index contributed by atoms with van der Waals surface area (Å²) in [7, 11) is 3.27. The highest BCUT2D eigenvalue weighted by Gasteiger charge is 2.40. The Bertz CT molecular complexity index is 230. The quantitative estimate of drug-likeness (QED) is 0.684. The maximum Gasteiger partial charge on any atom is 0.323 e. The summed E-state index contributed by atoms with van der Waals surface area (Å²) >= 11 is 0. The van der Waals surface area contributed by atoms with Gasteiger partial charge < -0.3 is 9.84 Å². The zero-order valence-electron chi connectivity index (χ0n) is 9.99. The van der Waals surface area contributed by atoms with Crippen molar-refractivity contribution in [3.05, 3.63) is 0 Å². The smallest absolute Gasteiger partial charge is 0.323 e. The van der Waals surface area contributed by atoms with Crippen molar-refractivity contribution in [2.75, 3.05) is 20.7 Å². The summed E-state index contributed by atoms with van der Waals surface area (Å²) in [5.41, 5.74) is -0.782. The van der Waals surface area contributed by atoms with Gasteiger partial charge in [-0.3, -0.25) is 9.69 Å². The van der Waals surface area contributed by atoms with Gasteiger partial charge in [-0.1, -0.05) is 0 Å². The molecule has 0 amide bonds. The molecule has 0 bridgehead atoms. The lowest BCUT2D eigenvalue weighted by atomic mass is 10.1. The number of hydrogen-bond acceptors (Lipinski definition) is 4. The Balaban J connectivity index is 2.59. The van der Waals surface area contributed by atoms with E-state index in [4.69, 9.17) is 4.74 Å². The van der Waals surface area contributed by atoms with Crippen molar-refractivity contribution in [1.29, 1.82) is 0 Å². The largest absolute Gasteiger partial charge is 0.468 e. The van der Waals surface area contributed by atoms with Crippen LogP contribution in [0, 0.1) is 5.92 Å². The van der Waals surface area contributed by atoms with E-state index in [1.165, 1.54) is 7.11 Å². The third-order valence-electron chi connectivity index (χ3n) is 2.62. The van der Waals surface area contributed by atoms with Crippen molar-refractivity contribution in [2.45, 2.75) is 38.3 Å². The molecule has 0 radical (unpaired) electrons. The summed E-state index contributed by atoms with van der Waals surface area (Å²) in [6, 6.07) is -0.193. The van der Waals surface area contributed by atoms with Gasteiger partial charge in [0, 0.05) is 6.54 Å². The van der Waals surface area contributed by atoms with Gasteiger partial charge in [0.15, 0.2) is 0 Å². The highest BCUT2D eigenvalue weighted by atomic mass is 16.5. The second kappa shape index (κ2) is 4.49. The van der Waals surface area contributed by atoms with Gasteiger partial charge in [-0.15, -0.1) is 0 Å². The Labute approximate surface area is 91.2 Å². The molecule has 15 heavy (non-hydrogen) atoms. The normalized spacial score (nSPS) is 19.1. The molecular weight excluding hydrogens is 194 g/mol. The number of aliphatic hydroxyl groups is 1. The Morgan fingerprint density at radius 1 is 1.60 bits per heavy atom. The molecule has 1 fully saturated rings. The van der Waals surface area contributed by atoms with Crippen molar-refractivity contribution in [3.63, 3.8) is 0 Å². The van der Waals surface area contributed by atoms with Crippen molar-refractivity contribution >= 4 is 5.97 Å². The molecule has 4 heteroatoms. The number of esters is 1. The molecule has 1 aliphatic carbocycles. The lowest BCUT2D eigenvalue weighted by Gasteiger charge is -2.30. The molecule has 0 aromatic carbocycles. The topological polar surface area (TPSA) is 49.8 Å². The first-order chi connectivity index (χ1) is 6.85. The minimum atomic E-state index is -0.782. The number of ether oxygens (including phenoxy) is 1. The summed E-state index contributed by atoms with van der Waals surface area (Å²) in [5.74, 6) is 0.217. The van der Waals surface area contributed by atoms with Crippen LogP contribution in [0.3, 0.4) is 0 Å². The van der Waals surface area contributed by atoms with Crippen LogP contribution < -0.4 is 0 Å². The number of rotatable bonds is 5. The maximum absolute atomic E-state index is 11.6. The van der Waals surface area contributed by atoms with E-state index in [0.717, 1.165) is 12.8 Å². The number of likely N-dealkylation sites (N-methyl/N-ethyl adjacent to an activating group) is 1. The predicted molar refractivity (Wildman–Crippen MR) is 57.5 cm³/mol. The van der Waals surface area contributed by atoms with Crippen LogP contribution in [0.5, 0.6) is 0 Å². The minimum absolute atomic E-state index is 0.191. The fraction of sp³-hybridized carbons (Fsp3) is 0.909. The van der Waals surface area contributed by atoms with Crippen LogP contribution >= 0.6 is 0 Å². The van der Waals surface area contributed by atoms with E-state index in [1.807, 2.05) is 11.9 Å². The van der Waals surface area contributed by atoms with E-state index in [9.17, 15) is 9.90 Å². The van der Waals surface area contributed by atoms with Gasteiger partial charge in [0.2, 0.25) is 0 Å². The predicted octanol–water partition coefficient (Wildman–Crippen LogP) is 0.641. The van der Waals surface area contributed by atoms with Gasteiger partial charge in [0.05, 0.1) is 12.7 Å². The fourth-order valence-electron chi connectivity index (χ4n) is 1.97. The van der Waals surface area contributed by atoms with Crippen LogP contribution in [0.15, 0.2) is 0 Å². The van der Waals surface area contributed by atoms with Crippen molar-refractivity contribution < 1.29 is 14.6 Å². The molecule has 88 valence electrons. The molecule has 0 aromatic heterocycles.